The van der Waals surface area contributed by atoms with Gasteiger partial charge in [0.1, 0.15) is 23.6 Å². The molecule has 11 heteroatoms. The Bertz CT molecular complexity index is 1710. The third-order valence-corrected chi connectivity index (χ3v) is 6.33. The van der Waals surface area contributed by atoms with E-state index in [-0.39, 0.29) is 12.4 Å². The van der Waals surface area contributed by atoms with Crippen molar-refractivity contribution < 1.29 is 14.3 Å². The van der Waals surface area contributed by atoms with Gasteiger partial charge in [-0.15, -0.1) is 5.10 Å². The molecule has 5 rings (SSSR count). The van der Waals surface area contributed by atoms with Crippen molar-refractivity contribution >= 4 is 22.6 Å². The molecule has 0 radical (unpaired) electrons. The molecule has 0 fully saturated rings. The lowest BCUT2D eigenvalue weighted by Gasteiger charge is -2.13. The van der Waals surface area contributed by atoms with Crippen LogP contribution in [0.25, 0.3) is 16.7 Å². The van der Waals surface area contributed by atoms with Crippen molar-refractivity contribution in [3.8, 4) is 17.2 Å². The highest BCUT2D eigenvalue weighted by atomic mass is 35.5. The Morgan fingerprint density at radius 1 is 1.11 bits per heavy atom. The molecule has 5 aromatic rings. The monoisotopic (exact) mass is 533 g/mol. The van der Waals surface area contributed by atoms with Crippen LogP contribution in [0.1, 0.15) is 17.0 Å². The number of nitrogens with one attached hydrogen (secondary N) is 1. The molecule has 0 aliphatic carbocycles. The zero-order valence-electron chi connectivity index (χ0n) is 20.4. The Balaban J connectivity index is 1.23. The minimum atomic E-state index is -0.460. The van der Waals surface area contributed by atoms with Crippen molar-refractivity contribution in [2.24, 2.45) is 0 Å². The standard InChI is InChI=1S/C27H24ClN5O5/c1-17-27(36)24(34)8-10-32(17)11-9-29-14-18-12-26(35)38-25-13-22(6-7-23(18)25)37-16-20-15-33(31-30-20)21-4-2-19(28)3-5-21/h2-8,10,12-13,15,29,36H,9,11,14,16H2,1H3. The van der Waals surface area contributed by atoms with E-state index in [2.05, 4.69) is 15.6 Å². The minimum absolute atomic E-state index is 0.185. The first-order chi connectivity index (χ1) is 18.4. The lowest BCUT2D eigenvalue weighted by molar-refractivity contribution is 0.301. The Labute approximate surface area is 221 Å². The summed E-state index contributed by atoms with van der Waals surface area (Å²) in [6.07, 6.45) is 3.41. The SMILES string of the molecule is Cc1c(O)c(=O)ccn1CCNCc1cc(=O)oc2cc(OCc3cn(-c4ccc(Cl)cc4)nn3)ccc12. The predicted molar refractivity (Wildman–Crippen MR) is 142 cm³/mol. The number of halogens is 1. The van der Waals surface area contributed by atoms with E-state index in [0.29, 0.717) is 47.4 Å². The second-order valence-electron chi connectivity index (χ2n) is 8.65. The Kier molecular flexibility index (Phi) is 7.25. The number of nitrogens with zero attached hydrogens (tertiary/aromatic N) is 4. The van der Waals surface area contributed by atoms with Gasteiger partial charge in [-0.2, -0.15) is 0 Å². The molecule has 38 heavy (non-hydrogen) atoms. The summed E-state index contributed by atoms with van der Waals surface area (Å²) >= 11 is 5.94. The summed E-state index contributed by atoms with van der Waals surface area (Å²) in [6, 6.07) is 15.4. The van der Waals surface area contributed by atoms with Crippen molar-refractivity contribution in [2.45, 2.75) is 26.6 Å². The summed E-state index contributed by atoms with van der Waals surface area (Å²) in [5, 5.41) is 22.8. The fourth-order valence-electron chi connectivity index (χ4n) is 4.02. The fourth-order valence-corrected chi connectivity index (χ4v) is 4.14. The molecule has 0 unspecified atom stereocenters. The highest BCUT2D eigenvalue weighted by Gasteiger charge is 2.10. The van der Waals surface area contributed by atoms with Gasteiger partial charge in [0.15, 0.2) is 5.75 Å². The number of pyridine rings is 1. The van der Waals surface area contributed by atoms with Gasteiger partial charge in [-0.25, -0.2) is 9.48 Å². The molecule has 3 aromatic heterocycles. The maximum absolute atomic E-state index is 12.2. The van der Waals surface area contributed by atoms with E-state index in [4.69, 9.17) is 20.8 Å². The van der Waals surface area contributed by atoms with Crippen LogP contribution in [0.5, 0.6) is 11.5 Å². The topological polar surface area (TPSA) is 124 Å². The van der Waals surface area contributed by atoms with Crippen LogP contribution in [-0.4, -0.2) is 31.2 Å². The molecule has 194 valence electrons. The normalized spacial score (nSPS) is 11.2. The van der Waals surface area contributed by atoms with Gasteiger partial charge in [0.05, 0.1) is 17.6 Å². The number of benzene rings is 2. The molecule has 0 aliphatic rings. The van der Waals surface area contributed by atoms with E-state index in [1.165, 1.54) is 12.1 Å². The van der Waals surface area contributed by atoms with E-state index in [0.717, 1.165) is 16.6 Å². The number of fused-ring (bicyclic) bond motifs is 1. The molecule has 10 nitrogen and oxygen atoms in total. The largest absolute Gasteiger partial charge is 0.503 e. The maximum Gasteiger partial charge on any atom is 0.336 e. The third kappa shape index (κ3) is 5.61. The minimum Gasteiger partial charge on any atom is -0.503 e. The molecule has 0 saturated heterocycles. The Morgan fingerprint density at radius 2 is 1.92 bits per heavy atom. The second-order valence-corrected chi connectivity index (χ2v) is 9.09. The van der Waals surface area contributed by atoms with E-state index in [9.17, 15) is 14.7 Å². The third-order valence-electron chi connectivity index (χ3n) is 6.08. The Hall–Kier alpha value is -4.41. The van der Waals surface area contributed by atoms with Crippen LogP contribution in [-0.2, 0) is 19.7 Å². The maximum atomic E-state index is 12.2. The van der Waals surface area contributed by atoms with E-state index < -0.39 is 11.1 Å². The van der Waals surface area contributed by atoms with Crippen molar-refractivity contribution in [2.75, 3.05) is 6.54 Å². The first kappa shape index (κ1) is 25.2. The first-order valence-electron chi connectivity index (χ1n) is 11.8. The van der Waals surface area contributed by atoms with Crippen LogP contribution in [0, 0.1) is 6.92 Å². The zero-order valence-corrected chi connectivity index (χ0v) is 21.2. The second kappa shape index (κ2) is 10.9. The lowest BCUT2D eigenvalue weighted by atomic mass is 10.1. The van der Waals surface area contributed by atoms with Crippen LogP contribution in [0.4, 0.5) is 0 Å². The van der Waals surface area contributed by atoms with Gasteiger partial charge in [0, 0.05) is 54.4 Å². The molecule has 0 aliphatic heterocycles. The zero-order chi connectivity index (χ0) is 26.6. The van der Waals surface area contributed by atoms with E-state index in [1.54, 1.807) is 46.8 Å². The summed E-state index contributed by atoms with van der Waals surface area (Å²) in [6.45, 7) is 3.41. The van der Waals surface area contributed by atoms with Gasteiger partial charge in [-0.3, -0.25) is 4.79 Å². The number of aromatic hydroxyl groups is 1. The molecule has 0 atom stereocenters. The quantitative estimate of drug-likeness (QED) is 0.218. The molecule has 2 aromatic carbocycles. The molecule has 3 heterocycles. The average Bonchev–Trinajstić information content (AvgIpc) is 3.39. The summed E-state index contributed by atoms with van der Waals surface area (Å²) in [5.74, 6) is 0.281. The summed E-state index contributed by atoms with van der Waals surface area (Å²) in [5.41, 5.74) is 2.30. The smallest absolute Gasteiger partial charge is 0.336 e. The number of ether oxygens (including phenoxy) is 1. The van der Waals surface area contributed by atoms with Crippen LogP contribution < -0.4 is 21.1 Å². The Morgan fingerprint density at radius 3 is 2.74 bits per heavy atom. The van der Waals surface area contributed by atoms with Crippen molar-refractivity contribution in [1.29, 1.82) is 0 Å². The van der Waals surface area contributed by atoms with Crippen LogP contribution in [0.3, 0.4) is 0 Å². The molecule has 0 spiro atoms. The van der Waals surface area contributed by atoms with Crippen molar-refractivity contribution in [1.82, 2.24) is 24.9 Å². The van der Waals surface area contributed by atoms with E-state index >= 15 is 0 Å². The molecule has 0 bridgehead atoms. The van der Waals surface area contributed by atoms with Crippen LogP contribution in [0.15, 0.2) is 81.0 Å². The van der Waals surface area contributed by atoms with E-state index in [1.807, 2.05) is 24.3 Å². The van der Waals surface area contributed by atoms with Crippen molar-refractivity contribution in [3.63, 3.8) is 0 Å². The number of rotatable bonds is 9. The predicted octanol–water partition coefficient (Wildman–Crippen LogP) is 3.57. The molecule has 2 N–H and O–H groups in total. The van der Waals surface area contributed by atoms with Crippen LogP contribution >= 0.6 is 11.6 Å². The van der Waals surface area contributed by atoms with Gasteiger partial charge in [-0.1, -0.05) is 16.8 Å². The molecular formula is C27H24ClN5O5. The summed E-state index contributed by atoms with van der Waals surface area (Å²) in [7, 11) is 0. The highest BCUT2D eigenvalue weighted by molar-refractivity contribution is 6.30. The number of aromatic nitrogens is 4. The summed E-state index contributed by atoms with van der Waals surface area (Å²) < 4.78 is 14.7. The van der Waals surface area contributed by atoms with Crippen molar-refractivity contribution in [3.05, 3.63) is 110 Å². The number of hydrogen-bond donors (Lipinski definition) is 2. The van der Waals surface area contributed by atoms with Gasteiger partial charge in [0.2, 0.25) is 5.43 Å². The van der Waals surface area contributed by atoms with Gasteiger partial charge < -0.3 is 24.1 Å². The van der Waals surface area contributed by atoms with Gasteiger partial charge in [-0.05, 0) is 48.9 Å². The molecule has 0 amide bonds. The molecule has 0 saturated carbocycles. The van der Waals surface area contributed by atoms with Gasteiger partial charge in [0.25, 0.3) is 0 Å². The summed E-state index contributed by atoms with van der Waals surface area (Å²) in [4.78, 5) is 23.7. The fraction of sp³-hybridized carbons (Fsp3) is 0.185. The lowest BCUT2D eigenvalue weighted by Crippen LogP contribution is -2.22. The van der Waals surface area contributed by atoms with Crippen LogP contribution in [0.2, 0.25) is 5.02 Å². The van der Waals surface area contributed by atoms with Gasteiger partial charge >= 0.3 is 5.63 Å². The number of hydrogen-bond acceptors (Lipinski definition) is 8. The highest BCUT2D eigenvalue weighted by Crippen LogP contribution is 2.23. The first-order valence-corrected chi connectivity index (χ1v) is 12.2. The average molecular weight is 534 g/mol. The molecular weight excluding hydrogens is 510 g/mol.